The van der Waals surface area contributed by atoms with Crippen LogP contribution in [0.15, 0.2) is 48.8 Å². The van der Waals surface area contributed by atoms with Crippen LogP contribution in [0.1, 0.15) is 34.8 Å². The predicted octanol–water partition coefficient (Wildman–Crippen LogP) is 2.94. The second-order valence-electron chi connectivity index (χ2n) is 5.28. The van der Waals surface area contributed by atoms with Gasteiger partial charge in [-0.25, -0.2) is 4.79 Å². The first kappa shape index (κ1) is 16.0. The Morgan fingerprint density at radius 3 is 2.50 bits per heavy atom. The number of aromatic nitrogens is 1. The Bertz CT molecular complexity index is 599. The summed E-state index contributed by atoms with van der Waals surface area (Å²) >= 11 is 0. The van der Waals surface area contributed by atoms with Gasteiger partial charge in [-0.1, -0.05) is 6.07 Å². The molecule has 0 saturated carbocycles. The van der Waals surface area contributed by atoms with Gasteiger partial charge in [0, 0.05) is 18.4 Å². The number of carbonyl (C=O) groups is 1. The molecule has 2 N–H and O–H groups in total. The van der Waals surface area contributed by atoms with E-state index in [1.165, 1.54) is 49.2 Å². The molecule has 1 atom stereocenters. The van der Waals surface area contributed by atoms with Gasteiger partial charge in [0.1, 0.15) is 5.75 Å². The van der Waals surface area contributed by atoms with Gasteiger partial charge in [-0.3, -0.25) is 9.88 Å². The lowest BCUT2D eigenvalue weighted by Gasteiger charge is -2.18. The van der Waals surface area contributed by atoms with Crippen LogP contribution in [-0.4, -0.2) is 39.7 Å². The van der Waals surface area contributed by atoms with Gasteiger partial charge in [0.15, 0.2) is 0 Å². The molecule has 0 aliphatic carbocycles. The first-order chi connectivity index (χ1) is 10.6. The highest BCUT2D eigenvalue weighted by Crippen LogP contribution is 2.29. The molecule has 5 heteroatoms. The minimum Gasteiger partial charge on any atom is -0.508 e. The molecule has 3 rings (SSSR count). The van der Waals surface area contributed by atoms with E-state index in [1.807, 2.05) is 18.5 Å². The van der Waals surface area contributed by atoms with Crippen LogP contribution in [0.4, 0.5) is 0 Å². The number of nitrogens with zero attached hydrogens (tertiary/aromatic N) is 2. The molecule has 5 nitrogen and oxygen atoms in total. The lowest BCUT2D eigenvalue weighted by molar-refractivity contribution is 0.0697. The minimum atomic E-state index is -0.986. The monoisotopic (exact) mass is 300 g/mol. The number of hydrogen-bond acceptors (Lipinski definition) is 4. The van der Waals surface area contributed by atoms with Gasteiger partial charge in [-0.15, -0.1) is 0 Å². The zero-order valence-corrected chi connectivity index (χ0v) is 12.5. The van der Waals surface area contributed by atoms with Crippen molar-refractivity contribution in [1.82, 2.24) is 9.88 Å². The summed E-state index contributed by atoms with van der Waals surface area (Å²) in [5.41, 5.74) is 1.54. The Morgan fingerprint density at radius 1 is 1.27 bits per heavy atom. The molecule has 1 aliphatic rings. The second-order valence-corrected chi connectivity index (χ2v) is 5.28. The van der Waals surface area contributed by atoms with Crippen LogP contribution >= 0.6 is 0 Å². The van der Waals surface area contributed by atoms with E-state index in [9.17, 15) is 4.79 Å². The quantitative estimate of drug-likeness (QED) is 0.892. The third-order valence-corrected chi connectivity index (χ3v) is 3.70. The lowest BCUT2D eigenvalue weighted by atomic mass is 10.1. The van der Waals surface area contributed by atoms with Crippen LogP contribution in [0.25, 0.3) is 0 Å². The highest BCUT2D eigenvalue weighted by atomic mass is 16.4. The maximum Gasteiger partial charge on any atom is 0.335 e. The molecule has 2 heterocycles. The van der Waals surface area contributed by atoms with Crippen LogP contribution in [0.2, 0.25) is 0 Å². The van der Waals surface area contributed by atoms with Gasteiger partial charge in [0.05, 0.1) is 5.56 Å². The largest absolute Gasteiger partial charge is 0.508 e. The van der Waals surface area contributed by atoms with E-state index < -0.39 is 5.97 Å². The summed E-state index contributed by atoms with van der Waals surface area (Å²) in [4.78, 5) is 16.8. The highest BCUT2D eigenvalue weighted by molar-refractivity contribution is 5.87. The molecule has 0 amide bonds. The average Bonchev–Trinajstić information content (AvgIpc) is 2.95. The number of phenolic OH excluding ortho intramolecular Hbond substituents is 1. The lowest BCUT2D eigenvalue weighted by Crippen LogP contribution is -2.17. The molecule has 1 aliphatic heterocycles. The van der Waals surface area contributed by atoms with E-state index >= 15 is 0 Å². The Labute approximate surface area is 129 Å². The number of aromatic carboxylic acids is 1. The van der Waals surface area contributed by atoms with Gasteiger partial charge >= 0.3 is 5.97 Å². The van der Waals surface area contributed by atoms with Crippen LogP contribution in [0.3, 0.4) is 0 Å². The Kier molecular flexibility index (Phi) is 5.49. The van der Waals surface area contributed by atoms with Gasteiger partial charge in [-0.2, -0.15) is 0 Å². The standard InChI is InChI=1S/C10H14N2.C7H6O3/c1-12-7-3-5-10(12)9-4-2-6-11-8-9;8-6-3-1-5(2-4-6)7(9)10/h2,4,6,8,10H,3,5,7H2,1H3;1-4,8H,(H,9,10)/t10-;/m0./s1. The average molecular weight is 300 g/mol. The first-order valence-electron chi connectivity index (χ1n) is 7.20. The molecule has 0 unspecified atom stereocenters. The normalized spacial score (nSPS) is 17.6. The zero-order valence-electron chi connectivity index (χ0n) is 12.5. The maximum absolute atomic E-state index is 10.2. The smallest absolute Gasteiger partial charge is 0.335 e. The highest BCUT2D eigenvalue weighted by Gasteiger charge is 2.21. The van der Waals surface area contributed by atoms with Gasteiger partial charge in [-0.05, 0) is 62.3 Å². The van der Waals surface area contributed by atoms with Crippen LogP contribution in [0.5, 0.6) is 5.75 Å². The minimum absolute atomic E-state index is 0.0741. The number of pyridine rings is 1. The summed E-state index contributed by atoms with van der Waals surface area (Å²) in [6.07, 6.45) is 6.41. The van der Waals surface area contributed by atoms with Crippen molar-refractivity contribution < 1.29 is 15.0 Å². The fraction of sp³-hybridized carbons (Fsp3) is 0.294. The number of aromatic hydroxyl groups is 1. The van der Waals surface area contributed by atoms with Gasteiger partial charge in [0.2, 0.25) is 0 Å². The summed E-state index contributed by atoms with van der Waals surface area (Å²) in [6.45, 7) is 1.22. The number of phenols is 1. The maximum atomic E-state index is 10.2. The second kappa shape index (κ2) is 7.56. The summed E-state index contributed by atoms with van der Waals surface area (Å²) < 4.78 is 0. The van der Waals surface area contributed by atoms with E-state index in [0.717, 1.165) is 0 Å². The number of hydrogen-bond donors (Lipinski definition) is 2. The van der Waals surface area contributed by atoms with E-state index in [1.54, 1.807) is 0 Å². The van der Waals surface area contributed by atoms with Crippen molar-refractivity contribution in [2.75, 3.05) is 13.6 Å². The summed E-state index contributed by atoms with van der Waals surface area (Å²) in [7, 11) is 2.19. The van der Waals surface area contributed by atoms with E-state index in [2.05, 4.69) is 23.0 Å². The van der Waals surface area contributed by atoms with Crippen molar-refractivity contribution in [3.8, 4) is 5.75 Å². The number of likely N-dealkylation sites (tertiary alicyclic amines) is 1. The topological polar surface area (TPSA) is 73.7 Å². The Hall–Kier alpha value is -2.40. The third-order valence-electron chi connectivity index (χ3n) is 3.70. The molecule has 116 valence electrons. The van der Waals surface area contributed by atoms with Crippen LogP contribution < -0.4 is 0 Å². The first-order valence-corrected chi connectivity index (χ1v) is 7.20. The summed E-state index contributed by atoms with van der Waals surface area (Å²) in [6, 6.07) is 10.2. The molecular formula is C17H20N2O3. The van der Waals surface area contributed by atoms with Gasteiger partial charge < -0.3 is 10.2 Å². The number of carboxylic acids is 1. The zero-order chi connectivity index (χ0) is 15.9. The number of benzene rings is 1. The van der Waals surface area contributed by atoms with E-state index in [0.29, 0.717) is 6.04 Å². The van der Waals surface area contributed by atoms with Crippen LogP contribution in [0, 0.1) is 0 Å². The third kappa shape index (κ3) is 4.30. The van der Waals surface area contributed by atoms with E-state index in [4.69, 9.17) is 10.2 Å². The summed E-state index contributed by atoms with van der Waals surface area (Å²) in [5, 5.41) is 17.1. The van der Waals surface area contributed by atoms with Gasteiger partial charge in [0.25, 0.3) is 0 Å². The molecule has 22 heavy (non-hydrogen) atoms. The van der Waals surface area contributed by atoms with Crippen molar-refractivity contribution in [2.45, 2.75) is 18.9 Å². The fourth-order valence-electron chi connectivity index (χ4n) is 2.51. The SMILES string of the molecule is CN1CCC[C@H]1c1cccnc1.O=C(O)c1ccc(O)cc1. The number of rotatable bonds is 2. The Balaban J connectivity index is 0.000000164. The predicted molar refractivity (Wildman–Crippen MR) is 83.9 cm³/mol. The van der Waals surface area contributed by atoms with Crippen molar-refractivity contribution in [1.29, 1.82) is 0 Å². The molecule has 0 bridgehead atoms. The molecule has 1 saturated heterocycles. The van der Waals surface area contributed by atoms with E-state index in [-0.39, 0.29) is 11.3 Å². The molecule has 1 fully saturated rings. The molecular weight excluding hydrogens is 280 g/mol. The van der Waals surface area contributed by atoms with Crippen molar-refractivity contribution in [3.63, 3.8) is 0 Å². The summed E-state index contributed by atoms with van der Waals surface area (Å²) in [5.74, 6) is -0.912. The molecule has 1 aromatic heterocycles. The van der Waals surface area contributed by atoms with Crippen molar-refractivity contribution in [3.05, 3.63) is 59.9 Å². The van der Waals surface area contributed by atoms with Crippen molar-refractivity contribution >= 4 is 5.97 Å². The Morgan fingerprint density at radius 2 is 2.00 bits per heavy atom. The molecule has 0 radical (unpaired) electrons. The molecule has 0 spiro atoms. The fourth-order valence-corrected chi connectivity index (χ4v) is 2.51. The molecule has 1 aromatic carbocycles. The van der Waals surface area contributed by atoms with Crippen molar-refractivity contribution in [2.24, 2.45) is 0 Å². The molecule has 2 aromatic rings. The number of carboxylic acid groups (broad SMARTS) is 1. The van der Waals surface area contributed by atoms with Crippen LogP contribution in [-0.2, 0) is 0 Å².